The summed E-state index contributed by atoms with van der Waals surface area (Å²) in [7, 11) is 1.67. The molecular formula is C16H30N4O3. The maximum Gasteiger partial charge on any atom is 0.320 e. The molecule has 2 heterocycles. The van der Waals surface area contributed by atoms with Crippen molar-refractivity contribution in [3.63, 3.8) is 0 Å². The van der Waals surface area contributed by atoms with E-state index in [4.69, 9.17) is 4.74 Å². The maximum atomic E-state index is 12.4. The molecule has 1 unspecified atom stereocenters. The Labute approximate surface area is 138 Å². The van der Waals surface area contributed by atoms with Gasteiger partial charge in [-0.15, -0.1) is 0 Å². The Bertz CT molecular complexity index is 386. The number of carbonyl (C=O) groups is 2. The Morgan fingerprint density at radius 2 is 1.78 bits per heavy atom. The molecule has 0 aliphatic carbocycles. The molecule has 0 bridgehead atoms. The van der Waals surface area contributed by atoms with Gasteiger partial charge in [0.15, 0.2) is 0 Å². The molecule has 0 spiro atoms. The van der Waals surface area contributed by atoms with Gasteiger partial charge in [0, 0.05) is 52.9 Å². The van der Waals surface area contributed by atoms with Crippen LogP contribution in [0.15, 0.2) is 0 Å². The monoisotopic (exact) mass is 326 g/mol. The summed E-state index contributed by atoms with van der Waals surface area (Å²) in [6.45, 7) is 5.85. The number of amides is 3. The summed E-state index contributed by atoms with van der Waals surface area (Å²) in [5.74, 6) is -0.00765. The standard InChI is InChI=1S/C16H30N4O3/c1-23-12-8-17-6-7-18-15(21)14-5-4-11-20(13-14)16(22)19-9-2-3-10-19/h14,17H,2-13H2,1H3,(H,18,21). The Kier molecular flexibility index (Phi) is 7.61. The van der Waals surface area contributed by atoms with Crippen LogP contribution in [0.3, 0.4) is 0 Å². The lowest BCUT2D eigenvalue weighted by molar-refractivity contribution is -0.126. The van der Waals surface area contributed by atoms with E-state index in [1.54, 1.807) is 7.11 Å². The largest absolute Gasteiger partial charge is 0.383 e. The Morgan fingerprint density at radius 1 is 1.04 bits per heavy atom. The first-order valence-electron chi connectivity index (χ1n) is 8.73. The summed E-state index contributed by atoms with van der Waals surface area (Å²) in [5, 5.41) is 6.16. The fraction of sp³-hybridized carbons (Fsp3) is 0.875. The Morgan fingerprint density at radius 3 is 2.52 bits per heavy atom. The van der Waals surface area contributed by atoms with Gasteiger partial charge in [-0.2, -0.15) is 0 Å². The first kappa shape index (κ1) is 18.0. The number of rotatable bonds is 7. The van der Waals surface area contributed by atoms with E-state index in [1.165, 1.54) is 0 Å². The van der Waals surface area contributed by atoms with Crippen molar-refractivity contribution in [2.75, 3.05) is 59.5 Å². The van der Waals surface area contributed by atoms with Gasteiger partial charge in [0.05, 0.1) is 12.5 Å². The minimum absolute atomic E-state index is 0.0671. The number of methoxy groups -OCH3 is 1. The SMILES string of the molecule is COCCNCCNC(=O)C1CCCN(C(=O)N2CCCC2)C1. The van der Waals surface area contributed by atoms with E-state index in [2.05, 4.69) is 10.6 Å². The van der Waals surface area contributed by atoms with Crippen LogP contribution >= 0.6 is 0 Å². The molecule has 0 aromatic carbocycles. The molecule has 132 valence electrons. The van der Waals surface area contributed by atoms with Crippen molar-refractivity contribution in [2.45, 2.75) is 25.7 Å². The molecule has 0 aromatic heterocycles. The van der Waals surface area contributed by atoms with Crippen LogP contribution in [0.25, 0.3) is 0 Å². The van der Waals surface area contributed by atoms with E-state index < -0.39 is 0 Å². The number of urea groups is 1. The molecular weight excluding hydrogens is 296 g/mol. The van der Waals surface area contributed by atoms with E-state index in [-0.39, 0.29) is 17.9 Å². The summed E-state index contributed by atoms with van der Waals surface area (Å²) in [4.78, 5) is 28.5. The van der Waals surface area contributed by atoms with Gasteiger partial charge in [0.25, 0.3) is 0 Å². The molecule has 2 fully saturated rings. The highest BCUT2D eigenvalue weighted by atomic mass is 16.5. The number of hydrogen-bond donors (Lipinski definition) is 2. The second kappa shape index (κ2) is 9.72. The lowest BCUT2D eigenvalue weighted by Gasteiger charge is -2.34. The number of nitrogens with zero attached hydrogens (tertiary/aromatic N) is 2. The van der Waals surface area contributed by atoms with Crippen molar-refractivity contribution in [3.8, 4) is 0 Å². The number of nitrogens with one attached hydrogen (secondary N) is 2. The van der Waals surface area contributed by atoms with Crippen molar-refractivity contribution in [1.82, 2.24) is 20.4 Å². The van der Waals surface area contributed by atoms with Crippen molar-refractivity contribution in [3.05, 3.63) is 0 Å². The average Bonchev–Trinajstić information content (AvgIpc) is 3.12. The average molecular weight is 326 g/mol. The second-order valence-corrected chi connectivity index (χ2v) is 6.30. The van der Waals surface area contributed by atoms with Crippen LogP contribution in [0.5, 0.6) is 0 Å². The summed E-state index contributed by atoms with van der Waals surface area (Å²) >= 11 is 0. The molecule has 2 aliphatic rings. The summed E-state index contributed by atoms with van der Waals surface area (Å²) in [6, 6.07) is 0.112. The molecule has 3 amide bonds. The summed E-state index contributed by atoms with van der Waals surface area (Å²) in [5.41, 5.74) is 0. The smallest absolute Gasteiger partial charge is 0.320 e. The molecule has 0 aromatic rings. The maximum absolute atomic E-state index is 12.4. The molecule has 0 saturated carbocycles. The van der Waals surface area contributed by atoms with E-state index >= 15 is 0 Å². The van der Waals surface area contributed by atoms with Gasteiger partial charge in [-0.3, -0.25) is 4.79 Å². The molecule has 7 nitrogen and oxygen atoms in total. The predicted octanol–water partition coefficient (Wildman–Crippen LogP) is 0.266. The molecule has 2 aliphatic heterocycles. The van der Waals surface area contributed by atoms with E-state index in [9.17, 15) is 9.59 Å². The zero-order valence-electron chi connectivity index (χ0n) is 14.2. The van der Waals surface area contributed by atoms with E-state index in [0.29, 0.717) is 19.7 Å². The highest BCUT2D eigenvalue weighted by molar-refractivity contribution is 5.81. The Balaban J connectivity index is 1.68. The van der Waals surface area contributed by atoms with Crippen LogP contribution in [0, 0.1) is 5.92 Å². The van der Waals surface area contributed by atoms with Gasteiger partial charge in [-0.05, 0) is 25.7 Å². The van der Waals surface area contributed by atoms with Crippen molar-refractivity contribution >= 4 is 11.9 Å². The molecule has 7 heteroatoms. The summed E-state index contributed by atoms with van der Waals surface area (Å²) < 4.78 is 4.95. The third kappa shape index (κ3) is 5.66. The van der Waals surface area contributed by atoms with Crippen LogP contribution in [0.1, 0.15) is 25.7 Å². The lowest BCUT2D eigenvalue weighted by atomic mass is 9.97. The topological polar surface area (TPSA) is 73.9 Å². The molecule has 0 radical (unpaired) electrons. The summed E-state index contributed by atoms with van der Waals surface area (Å²) in [6.07, 6.45) is 3.97. The van der Waals surface area contributed by atoms with Crippen LogP contribution in [-0.2, 0) is 9.53 Å². The predicted molar refractivity (Wildman–Crippen MR) is 88.3 cm³/mol. The van der Waals surface area contributed by atoms with E-state index in [1.807, 2.05) is 9.80 Å². The van der Waals surface area contributed by atoms with Crippen LogP contribution in [-0.4, -0.2) is 81.3 Å². The van der Waals surface area contributed by atoms with Crippen LogP contribution in [0.4, 0.5) is 4.79 Å². The number of ether oxygens (including phenoxy) is 1. The molecule has 2 rings (SSSR count). The third-order valence-electron chi connectivity index (χ3n) is 4.52. The zero-order valence-corrected chi connectivity index (χ0v) is 14.2. The molecule has 1 atom stereocenters. The minimum Gasteiger partial charge on any atom is -0.383 e. The number of piperidine rings is 1. The fourth-order valence-corrected chi connectivity index (χ4v) is 3.19. The van der Waals surface area contributed by atoms with Gasteiger partial charge in [0.2, 0.25) is 5.91 Å². The fourth-order valence-electron chi connectivity index (χ4n) is 3.19. The number of carbonyl (C=O) groups excluding carboxylic acids is 2. The van der Waals surface area contributed by atoms with E-state index in [0.717, 1.165) is 58.4 Å². The van der Waals surface area contributed by atoms with Crippen molar-refractivity contribution in [1.29, 1.82) is 0 Å². The Hall–Kier alpha value is -1.34. The van der Waals surface area contributed by atoms with Crippen molar-refractivity contribution < 1.29 is 14.3 Å². The highest BCUT2D eigenvalue weighted by Gasteiger charge is 2.31. The molecule has 23 heavy (non-hydrogen) atoms. The number of hydrogen-bond acceptors (Lipinski definition) is 4. The second-order valence-electron chi connectivity index (χ2n) is 6.30. The quantitative estimate of drug-likeness (QED) is 0.659. The third-order valence-corrected chi connectivity index (χ3v) is 4.52. The van der Waals surface area contributed by atoms with Gasteiger partial charge in [-0.25, -0.2) is 4.79 Å². The first-order valence-corrected chi connectivity index (χ1v) is 8.73. The molecule has 2 N–H and O–H groups in total. The van der Waals surface area contributed by atoms with Crippen LogP contribution in [0.2, 0.25) is 0 Å². The van der Waals surface area contributed by atoms with Crippen LogP contribution < -0.4 is 10.6 Å². The minimum atomic E-state index is -0.0747. The van der Waals surface area contributed by atoms with Gasteiger partial charge < -0.3 is 25.2 Å². The zero-order chi connectivity index (χ0) is 16.5. The molecule has 2 saturated heterocycles. The highest BCUT2D eigenvalue weighted by Crippen LogP contribution is 2.19. The lowest BCUT2D eigenvalue weighted by Crippen LogP contribution is -2.50. The normalized spacial score (nSPS) is 21.5. The van der Waals surface area contributed by atoms with Gasteiger partial charge >= 0.3 is 6.03 Å². The van der Waals surface area contributed by atoms with Gasteiger partial charge in [-0.1, -0.05) is 0 Å². The van der Waals surface area contributed by atoms with Gasteiger partial charge in [0.1, 0.15) is 0 Å². The van der Waals surface area contributed by atoms with Crippen molar-refractivity contribution in [2.24, 2.45) is 5.92 Å². The number of likely N-dealkylation sites (tertiary alicyclic amines) is 2. The first-order chi connectivity index (χ1) is 11.2.